The first-order chi connectivity index (χ1) is 18.9. The first kappa shape index (κ1) is 28.7. The molecule has 1 saturated carbocycles. The number of aryl methyl sites for hydroxylation is 1. The summed E-state index contributed by atoms with van der Waals surface area (Å²) in [7, 11) is 0. The Morgan fingerprint density at radius 1 is 1.23 bits per heavy atom. The van der Waals surface area contributed by atoms with Crippen LogP contribution in [0, 0.1) is 12.8 Å². The monoisotopic (exact) mass is 599 g/mol. The number of hydrogen-bond acceptors (Lipinski definition) is 6. The zero-order chi connectivity index (χ0) is 29.0. The molecule has 2 aliphatic heterocycles. The van der Waals surface area contributed by atoms with E-state index in [1.54, 1.807) is 19.9 Å². The predicted molar refractivity (Wildman–Crippen MR) is 139 cm³/mol. The predicted octanol–water partition coefficient (Wildman–Crippen LogP) is 5.28. The third-order valence-electron chi connectivity index (χ3n) is 7.38. The second kappa shape index (κ2) is 10.5. The van der Waals surface area contributed by atoms with Gasteiger partial charge in [0.25, 0.3) is 11.5 Å². The summed E-state index contributed by atoms with van der Waals surface area (Å²) in [4.78, 5) is 37.6. The Bertz CT molecular complexity index is 1360. The van der Waals surface area contributed by atoms with Crippen LogP contribution in [0.4, 0.5) is 13.2 Å². The van der Waals surface area contributed by atoms with Gasteiger partial charge >= 0.3 is 6.18 Å². The van der Waals surface area contributed by atoms with Crippen molar-refractivity contribution in [3.63, 3.8) is 0 Å². The number of halogens is 5. The Morgan fingerprint density at radius 2 is 1.90 bits per heavy atom. The van der Waals surface area contributed by atoms with Gasteiger partial charge in [-0.3, -0.25) is 19.3 Å². The number of likely N-dealkylation sites (N-methyl/N-ethyl adjacent to an activating group) is 1. The minimum Gasteiger partial charge on any atom is -0.374 e. The van der Waals surface area contributed by atoms with Crippen LogP contribution in [0.5, 0.6) is 0 Å². The number of oxime groups is 1. The first-order valence-corrected chi connectivity index (χ1v) is 13.5. The summed E-state index contributed by atoms with van der Waals surface area (Å²) in [5, 5.41) is 16.3. The van der Waals surface area contributed by atoms with Gasteiger partial charge in [0.05, 0.1) is 5.71 Å². The molecular weight excluding hydrogens is 574 g/mol. The molecule has 0 radical (unpaired) electrons. The van der Waals surface area contributed by atoms with Crippen LogP contribution in [0.3, 0.4) is 0 Å². The molecule has 1 N–H and O–H groups in total. The number of carbonyl (C=O) groups excluding carboxylic acids is 2. The number of benzene rings is 2. The number of hydroxylamine groups is 2. The first-order valence-electron chi connectivity index (χ1n) is 12.7. The molecule has 40 heavy (non-hydrogen) atoms. The van der Waals surface area contributed by atoms with E-state index in [1.807, 2.05) is 0 Å². The number of hydrogen-bond donors (Lipinski definition) is 1. The van der Waals surface area contributed by atoms with Gasteiger partial charge in [-0.2, -0.15) is 13.2 Å². The molecular formula is C27H26Cl2F3N3O5. The summed E-state index contributed by atoms with van der Waals surface area (Å²) in [5.74, 6) is -1.05. The fraction of sp³-hybridized carbons (Fsp3) is 0.444. The highest BCUT2D eigenvalue weighted by Crippen LogP contribution is 2.50. The maximum Gasteiger partial charge on any atom is 0.435 e. The van der Waals surface area contributed by atoms with E-state index in [0.29, 0.717) is 29.5 Å². The Kier molecular flexibility index (Phi) is 7.54. The lowest BCUT2D eigenvalue weighted by atomic mass is 9.86. The molecule has 2 amide bonds. The van der Waals surface area contributed by atoms with Gasteiger partial charge in [-0.05, 0) is 62.1 Å². The molecule has 1 saturated heterocycles. The van der Waals surface area contributed by atoms with Crippen LogP contribution in [0.25, 0.3) is 0 Å². The summed E-state index contributed by atoms with van der Waals surface area (Å²) >= 11 is 12.0. The van der Waals surface area contributed by atoms with Gasteiger partial charge in [0.15, 0.2) is 6.23 Å². The molecule has 0 aromatic heterocycles. The molecule has 214 valence electrons. The van der Waals surface area contributed by atoms with Crippen LogP contribution in [-0.4, -0.2) is 58.0 Å². The lowest BCUT2D eigenvalue weighted by Gasteiger charge is -2.32. The standard InChI is InChI=1S/C27H26Cl2F3N3O5/c1-3-34-25(38)22(13-39-34)35(23(36)15-4-5-15)24(37)20-7-6-16(8-14(20)2)21-12-26(40-33-21,27(30,31)32)17-9-18(28)11-19(29)10-17/h6-11,15,22,24,37H,3-5,12-13H2,1-2H3/t22-,24?,26?/m1/s1. The molecule has 2 aromatic rings. The van der Waals surface area contributed by atoms with Gasteiger partial charge in [0.2, 0.25) is 5.91 Å². The largest absolute Gasteiger partial charge is 0.435 e. The Balaban J connectivity index is 1.43. The molecule has 2 unspecified atom stereocenters. The van der Waals surface area contributed by atoms with E-state index >= 15 is 0 Å². The van der Waals surface area contributed by atoms with Crippen molar-refractivity contribution in [3.8, 4) is 0 Å². The summed E-state index contributed by atoms with van der Waals surface area (Å²) in [6.45, 7) is 3.59. The molecule has 5 rings (SSSR count). The fourth-order valence-corrected chi connectivity index (χ4v) is 5.56. The van der Waals surface area contributed by atoms with Crippen molar-refractivity contribution in [2.24, 2.45) is 11.1 Å². The number of aliphatic hydroxyl groups excluding tert-OH is 1. The van der Waals surface area contributed by atoms with Crippen molar-refractivity contribution in [3.05, 3.63) is 68.7 Å². The van der Waals surface area contributed by atoms with Crippen LogP contribution in [-0.2, 0) is 24.9 Å². The summed E-state index contributed by atoms with van der Waals surface area (Å²) < 4.78 is 43.1. The van der Waals surface area contributed by atoms with Gasteiger partial charge in [0.1, 0.15) is 12.6 Å². The molecule has 0 bridgehead atoms. The molecule has 3 atom stereocenters. The van der Waals surface area contributed by atoms with Crippen molar-refractivity contribution < 1.29 is 37.5 Å². The molecule has 2 fully saturated rings. The minimum absolute atomic E-state index is 0.0239. The molecule has 2 aromatic carbocycles. The molecule has 0 spiro atoms. The highest BCUT2D eigenvalue weighted by Gasteiger charge is 2.62. The summed E-state index contributed by atoms with van der Waals surface area (Å²) in [6, 6.07) is 7.17. The highest BCUT2D eigenvalue weighted by atomic mass is 35.5. The van der Waals surface area contributed by atoms with Crippen molar-refractivity contribution in [1.29, 1.82) is 0 Å². The lowest BCUT2D eigenvalue weighted by Crippen LogP contribution is -2.49. The molecule has 8 nitrogen and oxygen atoms in total. The zero-order valence-electron chi connectivity index (χ0n) is 21.5. The van der Waals surface area contributed by atoms with Gasteiger partial charge in [-0.25, -0.2) is 5.06 Å². The smallest absolute Gasteiger partial charge is 0.374 e. The Morgan fingerprint density at radius 3 is 2.45 bits per heavy atom. The van der Waals surface area contributed by atoms with E-state index in [9.17, 15) is 27.9 Å². The SMILES string of the molecule is CCN1OC[C@@H](N(C(=O)C2CC2)C(O)c2ccc(C3=NOC(c4cc(Cl)cc(Cl)c4)(C(F)(F)F)C3)cc2C)C1=O. The van der Waals surface area contributed by atoms with Crippen molar-refractivity contribution in [2.45, 2.75) is 57.2 Å². The third kappa shape index (κ3) is 5.04. The molecule has 2 heterocycles. The van der Waals surface area contributed by atoms with Crippen LogP contribution in [0.15, 0.2) is 41.6 Å². The lowest BCUT2D eigenvalue weighted by molar-refractivity contribution is -0.275. The fourth-order valence-electron chi connectivity index (χ4n) is 5.03. The van der Waals surface area contributed by atoms with E-state index in [-0.39, 0.29) is 46.3 Å². The maximum atomic E-state index is 14.4. The van der Waals surface area contributed by atoms with E-state index in [2.05, 4.69) is 5.16 Å². The van der Waals surface area contributed by atoms with Crippen LogP contribution < -0.4 is 0 Å². The maximum absolute atomic E-state index is 14.4. The second-order valence-corrected chi connectivity index (χ2v) is 11.0. The van der Waals surface area contributed by atoms with Crippen molar-refractivity contribution in [2.75, 3.05) is 13.2 Å². The third-order valence-corrected chi connectivity index (χ3v) is 7.82. The average molecular weight is 600 g/mol. The van der Waals surface area contributed by atoms with E-state index in [0.717, 1.165) is 22.1 Å². The molecule has 1 aliphatic carbocycles. The topological polar surface area (TPSA) is 91.7 Å². The number of carbonyl (C=O) groups is 2. The van der Waals surface area contributed by atoms with E-state index < -0.39 is 36.4 Å². The highest BCUT2D eigenvalue weighted by molar-refractivity contribution is 6.34. The Labute approximate surface area is 238 Å². The zero-order valence-corrected chi connectivity index (χ0v) is 23.1. The van der Waals surface area contributed by atoms with Crippen molar-refractivity contribution in [1.82, 2.24) is 9.96 Å². The van der Waals surface area contributed by atoms with Gasteiger partial charge < -0.3 is 9.94 Å². The summed E-state index contributed by atoms with van der Waals surface area (Å²) in [6.07, 6.45) is -5.62. The Hall–Kier alpha value is -2.86. The second-order valence-electron chi connectivity index (χ2n) is 10.1. The number of nitrogens with zero attached hydrogens (tertiary/aromatic N) is 3. The van der Waals surface area contributed by atoms with Gasteiger partial charge in [-0.15, -0.1) is 0 Å². The van der Waals surface area contributed by atoms with Gasteiger partial charge in [-0.1, -0.05) is 40.5 Å². The molecule has 3 aliphatic rings. The average Bonchev–Trinajstić information content (AvgIpc) is 3.52. The van der Waals surface area contributed by atoms with Crippen LogP contribution >= 0.6 is 23.2 Å². The van der Waals surface area contributed by atoms with E-state index in [1.165, 1.54) is 18.2 Å². The van der Waals surface area contributed by atoms with Crippen LogP contribution in [0.1, 0.15) is 54.7 Å². The molecule has 13 heteroatoms. The number of amides is 2. The number of rotatable bonds is 7. The van der Waals surface area contributed by atoms with Gasteiger partial charge in [0, 0.05) is 40.1 Å². The number of aliphatic hydroxyl groups is 1. The quantitative estimate of drug-likeness (QED) is 0.437. The van der Waals surface area contributed by atoms with Crippen molar-refractivity contribution >= 4 is 40.7 Å². The van der Waals surface area contributed by atoms with Crippen LogP contribution in [0.2, 0.25) is 10.0 Å². The normalized spacial score (nSPS) is 23.7. The number of alkyl halides is 3. The van der Waals surface area contributed by atoms with E-state index in [4.69, 9.17) is 32.9 Å². The minimum atomic E-state index is -4.84. The summed E-state index contributed by atoms with van der Waals surface area (Å²) in [5.41, 5.74) is -1.89.